The second-order valence-electron chi connectivity index (χ2n) is 24.2. The Morgan fingerprint density at radius 3 is 1.00 bits per heavy atom. The van der Waals surface area contributed by atoms with Gasteiger partial charge in [0.1, 0.15) is 19.8 Å². The number of allylic oxidation sites excluding steroid dienone is 22. The molecule has 0 aliphatic carbocycles. The molecule has 0 spiro atoms. The van der Waals surface area contributed by atoms with Crippen LogP contribution in [0.5, 0.6) is 0 Å². The zero-order valence-corrected chi connectivity index (χ0v) is 56.9. The van der Waals surface area contributed by atoms with Crippen LogP contribution >= 0.6 is 7.82 Å². The molecule has 0 aliphatic heterocycles. The van der Waals surface area contributed by atoms with E-state index in [1.807, 2.05) is 21.1 Å². The first kappa shape index (κ1) is 82.1. The fraction of sp³-hybridized carbons (Fsp3) is 0.684. The van der Waals surface area contributed by atoms with Gasteiger partial charge < -0.3 is 18.9 Å². The summed E-state index contributed by atoms with van der Waals surface area (Å²) < 4.78 is 34.7. The highest BCUT2D eigenvalue weighted by Gasteiger charge is 2.27. The summed E-state index contributed by atoms with van der Waals surface area (Å²) in [5, 5.41) is 0. The maximum Gasteiger partial charge on any atom is 0.472 e. The van der Waals surface area contributed by atoms with Crippen LogP contribution in [0.2, 0.25) is 0 Å². The minimum Gasteiger partial charge on any atom is -0.462 e. The summed E-state index contributed by atoms with van der Waals surface area (Å²) in [4.78, 5) is 35.9. The number of phosphoric acid groups is 1. The molecule has 0 radical (unpaired) electrons. The van der Waals surface area contributed by atoms with Gasteiger partial charge in [0.05, 0.1) is 27.7 Å². The number of rotatable bonds is 63. The lowest BCUT2D eigenvalue weighted by Crippen LogP contribution is -2.37. The minimum atomic E-state index is -4.40. The van der Waals surface area contributed by atoms with Crippen LogP contribution in [0.25, 0.3) is 0 Å². The zero-order chi connectivity index (χ0) is 62.6. The monoisotopic (exact) mass is 1220 g/mol. The van der Waals surface area contributed by atoms with Gasteiger partial charge in [-0.15, -0.1) is 0 Å². The third-order valence-electron chi connectivity index (χ3n) is 14.7. The van der Waals surface area contributed by atoms with Crippen LogP contribution in [-0.2, 0) is 32.7 Å². The number of nitrogens with zero attached hydrogens (tertiary/aromatic N) is 1. The lowest BCUT2D eigenvalue weighted by Gasteiger charge is -2.24. The highest BCUT2D eigenvalue weighted by molar-refractivity contribution is 7.47. The van der Waals surface area contributed by atoms with E-state index in [0.717, 1.165) is 122 Å². The van der Waals surface area contributed by atoms with E-state index >= 15 is 0 Å². The highest BCUT2D eigenvalue weighted by Crippen LogP contribution is 2.43. The molecule has 0 rings (SSSR count). The van der Waals surface area contributed by atoms with Crippen molar-refractivity contribution < 1.29 is 42.1 Å². The van der Waals surface area contributed by atoms with Gasteiger partial charge in [0.25, 0.3) is 0 Å². The Kier molecular flexibility index (Phi) is 62.7. The van der Waals surface area contributed by atoms with Gasteiger partial charge in [-0.25, -0.2) is 4.57 Å². The summed E-state index contributed by atoms with van der Waals surface area (Å²) in [6, 6.07) is 0. The van der Waals surface area contributed by atoms with Gasteiger partial charge in [0, 0.05) is 12.8 Å². The quantitative estimate of drug-likeness (QED) is 0.0211. The second-order valence-corrected chi connectivity index (χ2v) is 25.6. The number of hydrogen-bond acceptors (Lipinski definition) is 7. The maximum atomic E-state index is 12.9. The van der Waals surface area contributed by atoms with Crippen LogP contribution < -0.4 is 0 Å². The van der Waals surface area contributed by atoms with Crippen molar-refractivity contribution in [2.24, 2.45) is 0 Å². The molecule has 0 bridgehead atoms. The van der Waals surface area contributed by atoms with E-state index in [1.54, 1.807) is 0 Å². The number of carbonyl (C=O) groups is 2. The lowest BCUT2D eigenvalue weighted by atomic mass is 10.0. The Hall–Kier alpha value is -3.85. The normalized spacial score (nSPS) is 14.0. The molecule has 0 aromatic heterocycles. The Morgan fingerprint density at radius 1 is 0.372 bits per heavy atom. The molecule has 492 valence electrons. The summed E-state index contributed by atoms with van der Waals surface area (Å²) in [7, 11) is 1.46. The standard InChI is InChI=1S/C76H130NO8P/c1-6-8-10-12-14-16-18-20-22-24-26-28-30-32-33-34-35-36-37-38-39-40-41-42-43-45-47-49-51-53-55-57-59-61-63-65-67-69-76(79)85-74(73-84-86(80,81)83-71-70-77(3,4)5)72-82-75(78)68-66-64-62-60-58-56-54-52-50-48-46-44-31-29-27-25-23-21-19-17-15-13-11-9-7-2/h8,10,14,16,20,22,25-28,32-33,35-36,38-39,41-42,45,47,51,53,74H,6-7,9,11-13,15,17-19,21,23-24,29-31,34,37,40,43-44,46,48-50,52,54-73H2,1-5H3/p+1/b10-8-,16-14-,22-20-,27-25-,28-26-,33-32-,36-35-,39-38-,42-41-,47-45-,53-51-. The van der Waals surface area contributed by atoms with E-state index in [2.05, 4.69) is 148 Å². The summed E-state index contributed by atoms with van der Waals surface area (Å²) in [5.74, 6) is -0.815. The molecule has 1 N–H and O–H groups in total. The SMILES string of the molecule is CC/C=C\C/C=C\C/C=C\C/C=C\C/C=C\C/C=C\C/C=C\C/C=C\C/C=C\C/C=C\CCCCCCCCC(=O)OC(COC(=O)CCCCCCCCCCCCCCC/C=C\CCCCCCCCCC)COP(=O)(O)OCC[N+](C)(C)C. The number of hydrogen-bond donors (Lipinski definition) is 1. The van der Waals surface area contributed by atoms with Gasteiger partial charge in [-0.1, -0.05) is 289 Å². The number of carbonyl (C=O) groups excluding carboxylic acids is 2. The fourth-order valence-corrected chi connectivity index (χ4v) is 10.1. The van der Waals surface area contributed by atoms with Crippen molar-refractivity contribution in [3.8, 4) is 0 Å². The number of likely N-dealkylation sites (N-methyl/N-ethyl adjacent to an activating group) is 1. The lowest BCUT2D eigenvalue weighted by molar-refractivity contribution is -0.870. The van der Waals surface area contributed by atoms with Crippen molar-refractivity contribution in [3.05, 3.63) is 134 Å². The van der Waals surface area contributed by atoms with Crippen molar-refractivity contribution in [2.45, 2.75) is 290 Å². The van der Waals surface area contributed by atoms with E-state index in [-0.39, 0.29) is 32.0 Å². The largest absolute Gasteiger partial charge is 0.472 e. The van der Waals surface area contributed by atoms with Gasteiger partial charge in [0.15, 0.2) is 6.10 Å². The average molecular weight is 1220 g/mol. The van der Waals surface area contributed by atoms with Crippen LogP contribution in [0.1, 0.15) is 284 Å². The van der Waals surface area contributed by atoms with Gasteiger partial charge in [-0.05, 0) is 116 Å². The second kappa shape index (κ2) is 65.6. The summed E-state index contributed by atoms with van der Waals surface area (Å²) in [6.45, 7) is 4.31. The van der Waals surface area contributed by atoms with Gasteiger partial charge in [0.2, 0.25) is 0 Å². The van der Waals surface area contributed by atoms with Crippen molar-refractivity contribution in [2.75, 3.05) is 47.5 Å². The number of quaternary nitrogens is 1. The van der Waals surface area contributed by atoms with Gasteiger partial charge >= 0.3 is 19.8 Å². The molecule has 0 aliphatic rings. The molecule has 0 amide bonds. The van der Waals surface area contributed by atoms with Crippen LogP contribution in [-0.4, -0.2) is 74.9 Å². The van der Waals surface area contributed by atoms with Crippen molar-refractivity contribution in [1.82, 2.24) is 0 Å². The molecule has 2 atom stereocenters. The van der Waals surface area contributed by atoms with Crippen molar-refractivity contribution in [3.63, 3.8) is 0 Å². The first-order valence-electron chi connectivity index (χ1n) is 34.9. The van der Waals surface area contributed by atoms with E-state index in [0.29, 0.717) is 17.4 Å². The van der Waals surface area contributed by atoms with Crippen LogP contribution in [0.3, 0.4) is 0 Å². The summed E-state index contributed by atoms with van der Waals surface area (Å²) in [6.07, 6.45) is 95.5. The minimum absolute atomic E-state index is 0.0227. The molecule has 0 aromatic carbocycles. The Labute approximate surface area is 530 Å². The van der Waals surface area contributed by atoms with Crippen LogP contribution in [0.15, 0.2) is 134 Å². The van der Waals surface area contributed by atoms with E-state index in [1.165, 1.54) is 128 Å². The number of phosphoric ester groups is 1. The molecule has 0 fully saturated rings. The molecule has 86 heavy (non-hydrogen) atoms. The average Bonchev–Trinajstić information content (AvgIpc) is 3.67. The first-order chi connectivity index (χ1) is 42.0. The van der Waals surface area contributed by atoms with E-state index < -0.39 is 26.5 Å². The topological polar surface area (TPSA) is 108 Å². The molecule has 0 aromatic rings. The number of unbranched alkanes of at least 4 members (excludes halogenated alkanes) is 27. The molecule has 10 heteroatoms. The maximum absolute atomic E-state index is 12.9. The smallest absolute Gasteiger partial charge is 0.462 e. The van der Waals surface area contributed by atoms with E-state index in [9.17, 15) is 19.0 Å². The number of ether oxygens (including phenoxy) is 2. The predicted octanol–water partition coefficient (Wildman–Crippen LogP) is 22.8. The van der Waals surface area contributed by atoms with Crippen LogP contribution in [0, 0.1) is 0 Å². The molecule has 2 unspecified atom stereocenters. The molecular weight excluding hydrogens is 1090 g/mol. The van der Waals surface area contributed by atoms with Crippen molar-refractivity contribution >= 4 is 19.8 Å². The van der Waals surface area contributed by atoms with Crippen LogP contribution in [0.4, 0.5) is 0 Å². The predicted molar refractivity (Wildman–Crippen MR) is 371 cm³/mol. The Balaban J connectivity index is 4.15. The van der Waals surface area contributed by atoms with E-state index in [4.69, 9.17) is 18.5 Å². The third-order valence-corrected chi connectivity index (χ3v) is 15.6. The van der Waals surface area contributed by atoms with Gasteiger partial charge in [-0.2, -0.15) is 0 Å². The summed E-state index contributed by atoms with van der Waals surface area (Å²) >= 11 is 0. The fourth-order valence-electron chi connectivity index (χ4n) is 9.33. The molecule has 0 saturated carbocycles. The van der Waals surface area contributed by atoms with Gasteiger partial charge in [-0.3, -0.25) is 18.6 Å². The zero-order valence-electron chi connectivity index (χ0n) is 56.0. The molecule has 0 saturated heterocycles. The molecule has 9 nitrogen and oxygen atoms in total. The number of esters is 2. The Morgan fingerprint density at radius 2 is 0.663 bits per heavy atom. The molecule has 0 heterocycles. The first-order valence-corrected chi connectivity index (χ1v) is 36.4. The molecular formula is C76H131NO8P+. The highest BCUT2D eigenvalue weighted by atomic mass is 31.2. The van der Waals surface area contributed by atoms with Crippen molar-refractivity contribution in [1.29, 1.82) is 0 Å². The Bertz CT molecular complexity index is 1910. The third kappa shape index (κ3) is 69.3. The summed E-state index contributed by atoms with van der Waals surface area (Å²) in [5.41, 5.74) is 0.